The Labute approximate surface area is 104 Å². The van der Waals surface area contributed by atoms with Crippen LogP contribution in [0.3, 0.4) is 0 Å². The third-order valence-corrected chi connectivity index (χ3v) is 3.47. The van der Waals surface area contributed by atoms with Crippen LogP contribution in [-0.4, -0.2) is 38.8 Å². The maximum atomic E-state index is 11.6. The van der Waals surface area contributed by atoms with Crippen molar-refractivity contribution in [1.82, 2.24) is 10.6 Å². The number of hydrogen-bond acceptors (Lipinski definition) is 3. The zero-order valence-electron chi connectivity index (χ0n) is 11.3. The second-order valence-electron chi connectivity index (χ2n) is 5.55. The molecule has 0 spiro atoms. The first-order chi connectivity index (χ1) is 8.06. The molecule has 1 atom stereocenters. The summed E-state index contributed by atoms with van der Waals surface area (Å²) in [5.41, 5.74) is 0.401. The molecule has 0 aromatic heterocycles. The SMILES string of the molecule is COCC(C)NC(=O)CNCC1(C)CCCC1. The predicted molar refractivity (Wildman–Crippen MR) is 68.9 cm³/mol. The summed E-state index contributed by atoms with van der Waals surface area (Å²) in [4.78, 5) is 11.6. The van der Waals surface area contributed by atoms with Crippen LogP contribution in [0.25, 0.3) is 0 Å². The normalized spacial score (nSPS) is 20.2. The Hall–Kier alpha value is -0.610. The molecule has 1 unspecified atom stereocenters. The van der Waals surface area contributed by atoms with Crippen molar-refractivity contribution in [2.75, 3.05) is 26.8 Å². The minimum atomic E-state index is 0.0520. The second-order valence-corrected chi connectivity index (χ2v) is 5.55. The van der Waals surface area contributed by atoms with Gasteiger partial charge in [-0.2, -0.15) is 0 Å². The van der Waals surface area contributed by atoms with Crippen molar-refractivity contribution >= 4 is 5.91 Å². The highest BCUT2D eigenvalue weighted by molar-refractivity contribution is 5.78. The van der Waals surface area contributed by atoms with Gasteiger partial charge in [-0.3, -0.25) is 4.79 Å². The van der Waals surface area contributed by atoms with E-state index in [0.29, 0.717) is 18.6 Å². The molecular weight excluding hydrogens is 216 g/mol. The monoisotopic (exact) mass is 242 g/mol. The molecule has 4 nitrogen and oxygen atoms in total. The molecular formula is C13H26N2O2. The third kappa shape index (κ3) is 5.50. The van der Waals surface area contributed by atoms with Crippen LogP contribution in [0, 0.1) is 5.41 Å². The molecule has 100 valence electrons. The van der Waals surface area contributed by atoms with E-state index in [1.54, 1.807) is 7.11 Å². The van der Waals surface area contributed by atoms with Crippen LogP contribution in [-0.2, 0) is 9.53 Å². The van der Waals surface area contributed by atoms with Crippen LogP contribution >= 0.6 is 0 Å². The number of rotatable bonds is 7. The van der Waals surface area contributed by atoms with Gasteiger partial charge in [0.2, 0.25) is 5.91 Å². The Kier molecular flexibility index (Phi) is 5.92. The van der Waals surface area contributed by atoms with Gasteiger partial charge in [0, 0.05) is 19.7 Å². The highest BCUT2D eigenvalue weighted by Gasteiger charge is 2.28. The number of hydrogen-bond donors (Lipinski definition) is 2. The van der Waals surface area contributed by atoms with Crippen LogP contribution in [0.15, 0.2) is 0 Å². The Morgan fingerprint density at radius 2 is 2.06 bits per heavy atom. The van der Waals surface area contributed by atoms with Crippen molar-refractivity contribution in [2.24, 2.45) is 5.41 Å². The summed E-state index contributed by atoms with van der Waals surface area (Å²) in [6, 6.07) is 0.0800. The second kappa shape index (κ2) is 6.97. The van der Waals surface area contributed by atoms with Crippen LogP contribution in [0.5, 0.6) is 0 Å². The van der Waals surface area contributed by atoms with Gasteiger partial charge in [-0.1, -0.05) is 19.8 Å². The van der Waals surface area contributed by atoms with Crippen LogP contribution in [0.4, 0.5) is 0 Å². The van der Waals surface area contributed by atoms with Crippen LogP contribution in [0.1, 0.15) is 39.5 Å². The molecule has 0 bridgehead atoms. The standard InChI is InChI=1S/C13H26N2O2/c1-11(9-17-3)15-12(16)8-14-10-13(2)6-4-5-7-13/h11,14H,4-10H2,1-3H3,(H,15,16). The van der Waals surface area contributed by atoms with E-state index in [1.165, 1.54) is 25.7 Å². The quantitative estimate of drug-likeness (QED) is 0.707. The smallest absolute Gasteiger partial charge is 0.234 e. The van der Waals surface area contributed by atoms with Gasteiger partial charge < -0.3 is 15.4 Å². The highest BCUT2D eigenvalue weighted by Crippen LogP contribution is 2.36. The summed E-state index contributed by atoms with van der Waals surface area (Å²) in [7, 11) is 1.64. The van der Waals surface area contributed by atoms with E-state index < -0.39 is 0 Å². The van der Waals surface area contributed by atoms with Crippen LogP contribution < -0.4 is 10.6 Å². The summed E-state index contributed by atoms with van der Waals surface area (Å²) < 4.78 is 4.97. The van der Waals surface area contributed by atoms with Crippen LogP contribution in [0.2, 0.25) is 0 Å². The lowest BCUT2D eigenvalue weighted by molar-refractivity contribution is -0.121. The lowest BCUT2D eigenvalue weighted by Crippen LogP contribution is -2.42. The molecule has 0 radical (unpaired) electrons. The van der Waals surface area contributed by atoms with E-state index in [4.69, 9.17) is 4.74 Å². The predicted octanol–water partition coefficient (Wildman–Crippen LogP) is 1.31. The molecule has 1 fully saturated rings. The van der Waals surface area contributed by atoms with Crippen molar-refractivity contribution in [3.8, 4) is 0 Å². The average Bonchev–Trinajstić information content (AvgIpc) is 2.65. The first-order valence-electron chi connectivity index (χ1n) is 6.55. The first-order valence-corrected chi connectivity index (χ1v) is 6.55. The summed E-state index contributed by atoms with van der Waals surface area (Å²) in [6.45, 7) is 6.16. The van der Waals surface area contributed by atoms with Crippen molar-refractivity contribution in [3.63, 3.8) is 0 Å². The van der Waals surface area contributed by atoms with Gasteiger partial charge in [-0.05, 0) is 25.2 Å². The number of nitrogens with one attached hydrogen (secondary N) is 2. The summed E-state index contributed by atoms with van der Waals surface area (Å²) in [5.74, 6) is 0.0520. The molecule has 1 saturated carbocycles. The molecule has 0 aromatic carbocycles. The molecule has 1 amide bonds. The number of ether oxygens (including phenoxy) is 1. The highest BCUT2D eigenvalue weighted by atomic mass is 16.5. The summed E-state index contributed by atoms with van der Waals surface area (Å²) in [6.07, 6.45) is 5.22. The van der Waals surface area contributed by atoms with Crippen molar-refractivity contribution in [2.45, 2.75) is 45.6 Å². The summed E-state index contributed by atoms with van der Waals surface area (Å²) >= 11 is 0. The van der Waals surface area contributed by atoms with Gasteiger partial charge in [-0.25, -0.2) is 0 Å². The fraction of sp³-hybridized carbons (Fsp3) is 0.923. The minimum absolute atomic E-state index is 0.0520. The van der Waals surface area contributed by atoms with Crippen molar-refractivity contribution in [3.05, 3.63) is 0 Å². The molecule has 2 N–H and O–H groups in total. The molecule has 0 aromatic rings. The fourth-order valence-corrected chi connectivity index (χ4v) is 2.50. The third-order valence-electron chi connectivity index (χ3n) is 3.47. The molecule has 4 heteroatoms. The van der Waals surface area contributed by atoms with E-state index in [2.05, 4.69) is 17.6 Å². The number of amides is 1. The Morgan fingerprint density at radius 3 is 2.65 bits per heavy atom. The molecule has 1 aliphatic rings. The first kappa shape index (κ1) is 14.5. The topological polar surface area (TPSA) is 50.4 Å². The van der Waals surface area contributed by atoms with Gasteiger partial charge in [0.05, 0.1) is 13.2 Å². The van der Waals surface area contributed by atoms with E-state index in [0.717, 1.165) is 6.54 Å². The van der Waals surface area contributed by atoms with E-state index >= 15 is 0 Å². The Balaban J connectivity index is 2.11. The maximum Gasteiger partial charge on any atom is 0.234 e. The molecule has 0 heterocycles. The van der Waals surface area contributed by atoms with Gasteiger partial charge in [-0.15, -0.1) is 0 Å². The minimum Gasteiger partial charge on any atom is -0.383 e. The van der Waals surface area contributed by atoms with Gasteiger partial charge in [0.25, 0.3) is 0 Å². The number of carbonyl (C=O) groups excluding carboxylic acids is 1. The Bertz CT molecular complexity index is 238. The summed E-state index contributed by atoms with van der Waals surface area (Å²) in [5, 5.41) is 6.15. The lowest BCUT2D eigenvalue weighted by atomic mass is 9.89. The van der Waals surface area contributed by atoms with Gasteiger partial charge in [0.15, 0.2) is 0 Å². The van der Waals surface area contributed by atoms with E-state index in [9.17, 15) is 4.79 Å². The fourth-order valence-electron chi connectivity index (χ4n) is 2.50. The Morgan fingerprint density at radius 1 is 1.41 bits per heavy atom. The van der Waals surface area contributed by atoms with E-state index in [1.807, 2.05) is 6.92 Å². The van der Waals surface area contributed by atoms with E-state index in [-0.39, 0.29) is 11.9 Å². The molecule has 1 rings (SSSR count). The molecule has 0 saturated heterocycles. The zero-order chi connectivity index (χ0) is 12.7. The largest absolute Gasteiger partial charge is 0.383 e. The molecule has 17 heavy (non-hydrogen) atoms. The van der Waals surface area contributed by atoms with Gasteiger partial charge in [0.1, 0.15) is 0 Å². The zero-order valence-corrected chi connectivity index (χ0v) is 11.3. The van der Waals surface area contributed by atoms with Crippen molar-refractivity contribution < 1.29 is 9.53 Å². The van der Waals surface area contributed by atoms with Crippen molar-refractivity contribution in [1.29, 1.82) is 0 Å². The average molecular weight is 242 g/mol. The lowest BCUT2D eigenvalue weighted by Gasteiger charge is -2.23. The maximum absolute atomic E-state index is 11.6. The molecule has 1 aliphatic carbocycles. The number of methoxy groups -OCH3 is 1. The molecule has 0 aliphatic heterocycles. The number of carbonyl (C=O) groups is 1. The van der Waals surface area contributed by atoms with Gasteiger partial charge >= 0.3 is 0 Å².